The van der Waals surface area contributed by atoms with E-state index in [-0.39, 0.29) is 6.10 Å². The first-order chi connectivity index (χ1) is 8.74. The Bertz CT molecular complexity index is 593. The van der Waals surface area contributed by atoms with Gasteiger partial charge in [-0.15, -0.1) is 0 Å². The summed E-state index contributed by atoms with van der Waals surface area (Å²) in [6.07, 6.45) is 2.30. The van der Waals surface area contributed by atoms with Crippen molar-refractivity contribution in [2.24, 2.45) is 0 Å². The van der Waals surface area contributed by atoms with Crippen LogP contribution in [0.2, 0.25) is 0 Å². The molecule has 0 aliphatic heterocycles. The maximum atomic E-state index is 9.97. The van der Waals surface area contributed by atoms with E-state index in [2.05, 4.69) is 49.4 Å². The number of hydrogen-bond donors (Lipinski definition) is 1. The number of rotatable bonds is 1. The van der Waals surface area contributed by atoms with Crippen molar-refractivity contribution < 1.29 is 5.11 Å². The number of hydrogen-bond acceptors (Lipinski definition) is 1. The standard InChI is InChI=1S/C17H16O/c1-12-6-8-13(9-7-12)17-11-15(18)10-14-4-2-3-5-16(14)17/h2-9,11,15,18H,10H2,1H3. The van der Waals surface area contributed by atoms with Gasteiger partial charge in [0.15, 0.2) is 0 Å². The minimum Gasteiger partial charge on any atom is -0.389 e. The molecule has 3 rings (SSSR count). The number of aliphatic hydroxyl groups excluding tert-OH is 1. The highest BCUT2D eigenvalue weighted by molar-refractivity contribution is 5.83. The molecule has 0 bridgehead atoms. The van der Waals surface area contributed by atoms with Gasteiger partial charge in [0.1, 0.15) is 0 Å². The van der Waals surface area contributed by atoms with Crippen LogP contribution in [0.3, 0.4) is 0 Å². The van der Waals surface area contributed by atoms with Gasteiger partial charge in [-0.2, -0.15) is 0 Å². The Morgan fingerprint density at radius 2 is 1.72 bits per heavy atom. The van der Waals surface area contributed by atoms with Crippen molar-refractivity contribution in [3.05, 3.63) is 76.9 Å². The molecular formula is C17H16O. The van der Waals surface area contributed by atoms with Crippen LogP contribution in [0.4, 0.5) is 0 Å². The van der Waals surface area contributed by atoms with Crippen molar-refractivity contribution >= 4 is 5.57 Å². The normalized spacial score (nSPS) is 18.1. The molecule has 90 valence electrons. The van der Waals surface area contributed by atoms with Crippen molar-refractivity contribution in [1.82, 2.24) is 0 Å². The van der Waals surface area contributed by atoms with Gasteiger partial charge >= 0.3 is 0 Å². The summed E-state index contributed by atoms with van der Waals surface area (Å²) in [5.74, 6) is 0. The minimum atomic E-state index is -0.379. The SMILES string of the molecule is Cc1ccc(C2=CC(O)Cc3ccccc32)cc1. The monoisotopic (exact) mass is 236 g/mol. The van der Waals surface area contributed by atoms with Crippen molar-refractivity contribution in [3.8, 4) is 0 Å². The van der Waals surface area contributed by atoms with Gasteiger partial charge in [-0.25, -0.2) is 0 Å². The van der Waals surface area contributed by atoms with Crippen LogP contribution in [-0.4, -0.2) is 11.2 Å². The van der Waals surface area contributed by atoms with Gasteiger partial charge in [-0.3, -0.25) is 0 Å². The molecule has 1 atom stereocenters. The first-order valence-corrected chi connectivity index (χ1v) is 6.29. The van der Waals surface area contributed by atoms with Crippen molar-refractivity contribution in [3.63, 3.8) is 0 Å². The molecule has 0 fully saturated rings. The highest BCUT2D eigenvalue weighted by atomic mass is 16.3. The van der Waals surface area contributed by atoms with Gasteiger partial charge < -0.3 is 5.11 Å². The molecule has 2 aromatic rings. The molecule has 0 radical (unpaired) electrons. The van der Waals surface area contributed by atoms with Gasteiger partial charge in [0.25, 0.3) is 0 Å². The summed E-state index contributed by atoms with van der Waals surface area (Å²) >= 11 is 0. The van der Waals surface area contributed by atoms with Crippen molar-refractivity contribution in [2.75, 3.05) is 0 Å². The number of fused-ring (bicyclic) bond motifs is 1. The number of aliphatic hydroxyl groups is 1. The van der Waals surface area contributed by atoms with E-state index in [9.17, 15) is 5.11 Å². The third kappa shape index (κ3) is 1.98. The van der Waals surface area contributed by atoms with E-state index < -0.39 is 0 Å². The summed E-state index contributed by atoms with van der Waals surface area (Å²) in [4.78, 5) is 0. The summed E-state index contributed by atoms with van der Waals surface area (Å²) in [5, 5.41) is 9.97. The minimum absolute atomic E-state index is 0.379. The highest BCUT2D eigenvalue weighted by Crippen LogP contribution is 2.31. The van der Waals surface area contributed by atoms with Crippen LogP contribution in [0.25, 0.3) is 5.57 Å². The van der Waals surface area contributed by atoms with E-state index in [1.54, 1.807) is 0 Å². The number of benzene rings is 2. The molecule has 1 aliphatic carbocycles. The fourth-order valence-electron chi connectivity index (χ4n) is 2.51. The maximum absolute atomic E-state index is 9.97. The van der Waals surface area contributed by atoms with E-state index in [0.29, 0.717) is 6.42 Å². The molecule has 1 nitrogen and oxygen atoms in total. The van der Waals surface area contributed by atoms with Gasteiger partial charge in [0.05, 0.1) is 6.10 Å². The zero-order valence-corrected chi connectivity index (χ0v) is 10.4. The van der Waals surface area contributed by atoms with Crippen LogP contribution >= 0.6 is 0 Å². The third-order valence-corrected chi connectivity index (χ3v) is 3.46. The van der Waals surface area contributed by atoms with Gasteiger partial charge in [-0.1, -0.05) is 54.1 Å². The zero-order chi connectivity index (χ0) is 12.5. The summed E-state index contributed by atoms with van der Waals surface area (Å²) in [6.45, 7) is 2.09. The largest absolute Gasteiger partial charge is 0.389 e. The third-order valence-electron chi connectivity index (χ3n) is 3.46. The molecule has 0 amide bonds. The topological polar surface area (TPSA) is 20.2 Å². The molecule has 0 aromatic heterocycles. The maximum Gasteiger partial charge on any atom is 0.0770 e. The van der Waals surface area contributed by atoms with E-state index in [0.717, 1.165) is 5.57 Å². The lowest BCUT2D eigenvalue weighted by Crippen LogP contribution is -2.14. The second kappa shape index (κ2) is 4.43. The molecule has 0 spiro atoms. The van der Waals surface area contributed by atoms with Crippen LogP contribution < -0.4 is 0 Å². The molecule has 0 saturated heterocycles. The smallest absolute Gasteiger partial charge is 0.0770 e. The molecule has 0 saturated carbocycles. The van der Waals surface area contributed by atoms with Crippen molar-refractivity contribution in [1.29, 1.82) is 0 Å². The summed E-state index contributed by atoms with van der Waals surface area (Å²) in [6, 6.07) is 16.8. The fraction of sp³-hybridized carbons (Fsp3) is 0.176. The Morgan fingerprint density at radius 1 is 1.00 bits per heavy atom. The average Bonchev–Trinajstić information content (AvgIpc) is 2.38. The Labute approximate surface area is 107 Å². The van der Waals surface area contributed by atoms with Gasteiger partial charge in [0, 0.05) is 6.42 Å². The van der Waals surface area contributed by atoms with Gasteiger partial charge in [0.2, 0.25) is 0 Å². The first kappa shape index (κ1) is 11.2. The summed E-state index contributed by atoms with van der Waals surface area (Å²) < 4.78 is 0. The first-order valence-electron chi connectivity index (χ1n) is 6.29. The predicted molar refractivity (Wildman–Crippen MR) is 74.4 cm³/mol. The molecule has 2 aromatic carbocycles. The second-order valence-corrected chi connectivity index (χ2v) is 4.87. The molecule has 1 N–H and O–H groups in total. The van der Waals surface area contributed by atoms with Gasteiger partial charge in [-0.05, 0) is 35.3 Å². The Kier molecular flexibility index (Phi) is 2.77. The van der Waals surface area contributed by atoms with Crippen molar-refractivity contribution in [2.45, 2.75) is 19.4 Å². The molecule has 1 aliphatic rings. The van der Waals surface area contributed by atoms with Crippen LogP contribution in [0.5, 0.6) is 0 Å². The van der Waals surface area contributed by atoms with Crippen LogP contribution in [0.15, 0.2) is 54.6 Å². The Balaban J connectivity index is 2.13. The van der Waals surface area contributed by atoms with Crippen LogP contribution in [-0.2, 0) is 6.42 Å². The molecule has 1 unspecified atom stereocenters. The highest BCUT2D eigenvalue weighted by Gasteiger charge is 2.18. The van der Waals surface area contributed by atoms with Crippen LogP contribution in [0, 0.1) is 6.92 Å². The van der Waals surface area contributed by atoms with E-state index >= 15 is 0 Å². The summed E-state index contributed by atoms with van der Waals surface area (Å²) in [5.41, 5.74) is 6.04. The average molecular weight is 236 g/mol. The Morgan fingerprint density at radius 3 is 2.50 bits per heavy atom. The quantitative estimate of drug-likeness (QED) is 0.805. The molecule has 0 heterocycles. The predicted octanol–water partition coefficient (Wildman–Crippen LogP) is 3.34. The molecule has 1 heteroatoms. The fourth-order valence-corrected chi connectivity index (χ4v) is 2.51. The summed E-state index contributed by atoms with van der Waals surface area (Å²) in [7, 11) is 0. The lowest BCUT2D eigenvalue weighted by atomic mass is 9.86. The molecule has 18 heavy (non-hydrogen) atoms. The Hall–Kier alpha value is -1.86. The zero-order valence-electron chi connectivity index (χ0n) is 10.4. The van der Waals surface area contributed by atoms with E-state index in [1.165, 1.54) is 22.3 Å². The van der Waals surface area contributed by atoms with E-state index in [4.69, 9.17) is 0 Å². The lowest BCUT2D eigenvalue weighted by molar-refractivity contribution is 0.223. The second-order valence-electron chi connectivity index (χ2n) is 4.87. The van der Waals surface area contributed by atoms with E-state index in [1.807, 2.05) is 12.1 Å². The number of aryl methyl sites for hydroxylation is 1. The van der Waals surface area contributed by atoms with Crippen LogP contribution in [0.1, 0.15) is 22.3 Å². The lowest BCUT2D eigenvalue weighted by Gasteiger charge is -2.21. The molecular weight excluding hydrogens is 220 g/mol.